The van der Waals surface area contributed by atoms with Crippen LogP contribution in [-0.4, -0.2) is 19.3 Å². The highest BCUT2D eigenvalue weighted by atomic mass is 16.5. The molecule has 0 aromatic heterocycles. The minimum absolute atomic E-state index is 0.101. The van der Waals surface area contributed by atoms with Crippen molar-refractivity contribution in [2.75, 3.05) is 13.2 Å². The summed E-state index contributed by atoms with van der Waals surface area (Å²) in [7, 11) is 0. The zero-order valence-corrected chi connectivity index (χ0v) is 12.5. The molecule has 0 saturated carbocycles. The number of nitrogens with two attached hydrogens (primary N) is 1. The summed E-state index contributed by atoms with van der Waals surface area (Å²) in [6.45, 7) is 3.88. The lowest BCUT2D eigenvalue weighted by molar-refractivity contribution is 0.101. The molecule has 1 fully saturated rings. The molecule has 1 aromatic rings. The minimum Gasteiger partial charge on any atom is -0.494 e. The van der Waals surface area contributed by atoms with E-state index in [-0.39, 0.29) is 6.04 Å². The van der Waals surface area contributed by atoms with Crippen LogP contribution in [0.15, 0.2) is 24.3 Å². The van der Waals surface area contributed by atoms with Crippen molar-refractivity contribution in [1.82, 2.24) is 0 Å². The summed E-state index contributed by atoms with van der Waals surface area (Å²) in [4.78, 5) is 0. The first-order valence-electron chi connectivity index (χ1n) is 7.89. The fourth-order valence-corrected chi connectivity index (χ4v) is 2.55. The molecule has 1 heterocycles. The van der Waals surface area contributed by atoms with Crippen LogP contribution in [0.2, 0.25) is 0 Å². The van der Waals surface area contributed by atoms with Gasteiger partial charge in [-0.1, -0.05) is 25.5 Å². The van der Waals surface area contributed by atoms with E-state index in [9.17, 15) is 0 Å². The molecule has 1 aromatic carbocycles. The Morgan fingerprint density at radius 3 is 2.80 bits per heavy atom. The summed E-state index contributed by atoms with van der Waals surface area (Å²) in [6, 6.07) is 8.32. The van der Waals surface area contributed by atoms with Gasteiger partial charge in [-0.3, -0.25) is 0 Å². The summed E-state index contributed by atoms with van der Waals surface area (Å²) in [5.41, 5.74) is 7.43. The highest BCUT2D eigenvalue weighted by molar-refractivity contribution is 5.29. The van der Waals surface area contributed by atoms with Gasteiger partial charge in [0.1, 0.15) is 5.75 Å². The maximum absolute atomic E-state index is 6.25. The fourth-order valence-electron chi connectivity index (χ4n) is 2.55. The Kier molecular flexibility index (Phi) is 6.34. The summed E-state index contributed by atoms with van der Waals surface area (Å²) in [5.74, 6) is 0.938. The number of ether oxygens (including phenoxy) is 2. The van der Waals surface area contributed by atoms with Crippen LogP contribution in [0.1, 0.15) is 57.1 Å². The van der Waals surface area contributed by atoms with Gasteiger partial charge in [0.2, 0.25) is 0 Å². The fraction of sp³-hybridized carbons (Fsp3) is 0.647. The lowest BCUT2D eigenvalue weighted by atomic mass is 10.00. The SMILES string of the molecule is CCCCOc1ccc(C(N)CCC2CCCO2)cc1. The van der Waals surface area contributed by atoms with Crippen LogP contribution in [0.25, 0.3) is 0 Å². The summed E-state index contributed by atoms with van der Waals surface area (Å²) >= 11 is 0. The molecule has 1 saturated heterocycles. The van der Waals surface area contributed by atoms with Crippen molar-refractivity contribution in [2.24, 2.45) is 5.73 Å². The molecule has 3 nitrogen and oxygen atoms in total. The number of hydrogen-bond acceptors (Lipinski definition) is 3. The van der Waals surface area contributed by atoms with Crippen LogP contribution < -0.4 is 10.5 Å². The zero-order valence-electron chi connectivity index (χ0n) is 12.5. The molecule has 2 rings (SSSR count). The van der Waals surface area contributed by atoms with Gasteiger partial charge in [0.15, 0.2) is 0 Å². The van der Waals surface area contributed by atoms with Crippen LogP contribution in [-0.2, 0) is 4.74 Å². The Labute approximate surface area is 122 Å². The van der Waals surface area contributed by atoms with E-state index in [1.165, 1.54) is 18.4 Å². The lowest BCUT2D eigenvalue weighted by Gasteiger charge is -2.15. The summed E-state index contributed by atoms with van der Waals surface area (Å²) in [6.07, 6.45) is 7.13. The molecule has 20 heavy (non-hydrogen) atoms. The van der Waals surface area contributed by atoms with Gasteiger partial charge < -0.3 is 15.2 Å². The van der Waals surface area contributed by atoms with Crippen molar-refractivity contribution in [2.45, 2.75) is 57.6 Å². The molecule has 0 amide bonds. The Morgan fingerprint density at radius 1 is 1.35 bits per heavy atom. The maximum Gasteiger partial charge on any atom is 0.119 e. The average Bonchev–Trinajstić information content (AvgIpc) is 2.99. The average molecular weight is 277 g/mol. The van der Waals surface area contributed by atoms with Crippen LogP contribution in [0.5, 0.6) is 5.75 Å². The van der Waals surface area contributed by atoms with Crippen molar-refractivity contribution in [3.05, 3.63) is 29.8 Å². The van der Waals surface area contributed by atoms with Gasteiger partial charge in [0, 0.05) is 12.6 Å². The smallest absolute Gasteiger partial charge is 0.119 e. The third-order valence-corrected chi connectivity index (χ3v) is 3.90. The molecule has 0 spiro atoms. The van der Waals surface area contributed by atoms with Gasteiger partial charge in [-0.05, 0) is 49.8 Å². The van der Waals surface area contributed by atoms with Gasteiger partial charge in [-0.2, -0.15) is 0 Å². The first-order valence-corrected chi connectivity index (χ1v) is 7.89. The molecule has 2 atom stereocenters. The van der Waals surface area contributed by atoms with Crippen molar-refractivity contribution < 1.29 is 9.47 Å². The monoisotopic (exact) mass is 277 g/mol. The topological polar surface area (TPSA) is 44.5 Å². The molecule has 2 N–H and O–H groups in total. The minimum atomic E-state index is 0.101. The molecule has 0 bridgehead atoms. The Balaban J connectivity index is 1.75. The number of rotatable bonds is 8. The Morgan fingerprint density at radius 2 is 2.15 bits per heavy atom. The third-order valence-electron chi connectivity index (χ3n) is 3.90. The van der Waals surface area contributed by atoms with Crippen LogP contribution in [0.3, 0.4) is 0 Å². The van der Waals surface area contributed by atoms with E-state index < -0.39 is 0 Å². The first-order chi connectivity index (χ1) is 9.79. The molecule has 3 heteroatoms. The van der Waals surface area contributed by atoms with Crippen molar-refractivity contribution in [3.8, 4) is 5.75 Å². The third kappa shape index (κ3) is 4.80. The molecule has 1 aliphatic rings. The predicted molar refractivity (Wildman–Crippen MR) is 82.0 cm³/mol. The van der Waals surface area contributed by atoms with E-state index in [0.717, 1.165) is 44.6 Å². The first kappa shape index (κ1) is 15.3. The van der Waals surface area contributed by atoms with E-state index in [2.05, 4.69) is 19.1 Å². The molecule has 112 valence electrons. The van der Waals surface area contributed by atoms with Crippen molar-refractivity contribution in [1.29, 1.82) is 0 Å². The number of unbranched alkanes of at least 4 members (excludes halogenated alkanes) is 1. The predicted octanol–water partition coefficient (Wildman–Crippen LogP) is 3.82. The molecular weight excluding hydrogens is 250 g/mol. The van der Waals surface area contributed by atoms with Gasteiger partial charge in [-0.15, -0.1) is 0 Å². The van der Waals surface area contributed by atoms with Crippen LogP contribution >= 0.6 is 0 Å². The molecular formula is C17H27NO2. The van der Waals surface area contributed by atoms with E-state index in [1.807, 2.05) is 12.1 Å². The lowest BCUT2D eigenvalue weighted by Crippen LogP contribution is -2.14. The van der Waals surface area contributed by atoms with E-state index >= 15 is 0 Å². The molecule has 0 aliphatic carbocycles. The Bertz CT molecular complexity index is 371. The summed E-state index contributed by atoms with van der Waals surface area (Å²) in [5, 5.41) is 0. The second kappa shape index (κ2) is 8.28. The summed E-state index contributed by atoms with van der Waals surface area (Å²) < 4.78 is 11.3. The van der Waals surface area contributed by atoms with E-state index in [4.69, 9.17) is 15.2 Å². The number of hydrogen-bond donors (Lipinski definition) is 1. The number of benzene rings is 1. The van der Waals surface area contributed by atoms with Gasteiger partial charge >= 0.3 is 0 Å². The highest BCUT2D eigenvalue weighted by Crippen LogP contribution is 2.24. The van der Waals surface area contributed by atoms with Crippen LogP contribution in [0, 0.1) is 0 Å². The standard InChI is InChI=1S/C17H27NO2/c1-2-3-12-19-16-8-6-14(7-9-16)17(18)11-10-15-5-4-13-20-15/h6-9,15,17H,2-5,10-13,18H2,1H3. The molecule has 1 aliphatic heterocycles. The zero-order chi connectivity index (χ0) is 14.2. The van der Waals surface area contributed by atoms with Gasteiger partial charge in [0.05, 0.1) is 12.7 Å². The van der Waals surface area contributed by atoms with Gasteiger partial charge in [0.25, 0.3) is 0 Å². The largest absolute Gasteiger partial charge is 0.494 e. The van der Waals surface area contributed by atoms with Crippen LogP contribution in [0.4, 0.5) is 0 Å². The highest BCUT2D eigenvalue weighted by Gasteiger charge is 2.17. The second-order valence-electron chi connectivity index (χ2n) is 5.59. The van der Waals surface area contributed by atoms with E-state index in [0.29, 0.717) is 6.10 Å². The molecule has 2 unspecified atom stereocenters. The second-order valence-corrected chi connectivity index (χ2v) is 5.59. The van der Waals surface area contributed by atoms with E-state index in [1.54, 1.807) is 0 Å². The van der Waals surface area contributed by atoms with Gasteiger partial charge in [-0.25, -0.2) is 0 Å². The normalized spacial score (nSPS) is 20.0. The van der Waals surface area contributed by atoms with Crippen molar-refractivity contribution in [3.63, 3.8) is 0 Å². The van der Waals surface area contributed by atoms with Crippen molar-refractivity contribution >= 4 is 0 Å². The molecule has 0 radical (unpaired) electrons. The quantitative estimate of drug-likeness (QED) is 0.735. The Hall–Kier alpha value is -1.06. The maximum atomic E-state index is 6.25.